The van der Waals surface area contributed by atoms with E-state index < -0.39 is 0 Å². The molecule has 1 heterocycles. The molecule has 2 saturated carbocycles. The van der Waals surface area contributed by atoms with Crippen LogP contribution in [0.15, 0.2) is 0 Å². The lowest BCUT2D eigenvalue weighted by Gasteiger charge is -2.31. The Kier molecular flexibility index (Phi) is 0.797. The minimum absolute atomic E-state index is 0.675. The summed E-state index contributed by atoms with van der Waals surface area (Å²) < 4.78 is 0. The normalized spacial score (nSPS) is 38.4. The molecule has 0 unspecified atom stereocenters. The molecule has 10 heavy (non-hydrogen) atoms. The summed E-state index contributed by atoms with van der Waals surface area (Å²) in [4.78, 5) is 0. The Morgan fingerprint density at radius 3 is 1.60 bits per heavy atom. The highest BCUT2D eigenvalue weighted by Crippen LogP contribution is 2.53. The van der Waals surface area contributed by atoms with Gasteiger partial charge in [0, 0.05) is 11.1 Å². The van der Waals surface area contributed by atoms with E-state index >= 15 is 0 Å². The van der Waals surface area contributed by atoms with Crippen molar-refractivity contribution in [3.63, 3.8) is 0 Å². The molecule has 3 fully saturated rings. The topological polar surface area (TPSA) is 12.0 Å². The van der Waals surface area contributed by atoms with E-state index in [0.29, 0.717) is 11.1 Å². The lowest BCUT2D eigenvalue weighted by Crippen LogP contribution is -2.45. The second-order valence-electron chi connectivity index (χ2n) is 4.54. The SMILES string of the molecule is C1CC2(CC2)NC2(C1)CC2. The molecule has 0 radical (unpaired) electrons. The fraction of sp³-hybridized carbons (Fsp3) is 1.00. The van der Waals surface area contributed by atoms with Crippen LogP contribution in [0.4, 0.5) is 0 Å². The highest BCUT2D eigenvalue weighted by atomic mass is 15.1. The molecule has 3 rings (SSSR count). The van der Waals surface area contributed by atoms with Crippen LogP contribution >= 0.6 is 0 Å². The Bertz CT molecular complexity index is 148. The van der Waals surface area contributed by atoms with E-state index in [1.807, 2.05) is 0 Å². The number of hydrogen-bond acceptors (Lipinski definition) is 1. The summed E-state index contributed by atoms with van der Waals surface area (Å²) in [7, 11) is 0. The molecule has 1 nitrogen and oxygen atoms in total. The first-order chi connectivity index (χ1) is 4.83. The monoisotopic (exact) mass is 137 g/mol. The summed E-state index contributed by atoms with van der Waals surface area (Å²) in [5.74, 6) is 0. The minimum Gasteiger partial charge on any atom is -0.306 e. The van der Waals surface area contributed by atoms with Gasteiger partial charge < -0.3 is 5.32 Å². The highest BCUT2D eigenvalue weighted by molar-refractivity contribution is 5.15. The minimum atomic E-state index is 0.675. The lowest BCUT2D eigenvalue weighted by molar-refractivity contribution is 0.289. The van der Waals surface area contributed by atoms with Crippen LogP contribution in [-0.4, -0.2) is 11.1 Å². The van der Waals surface area contributed by atoms with E-state index in [1.165, 1.54) is 44.9 Å². The third-order valence-corrected chi connectivity index (χ3v) is 3.55. The molecule has 2 aliphatic carbocycles. The largest absolute Gasteiger partial charge is 0.306 e. The maximum absolute atomic E-state index is 3.85. The standard InChI is InChI=1S/C9H15N/c1-2-8(4-5-8)10-9(3-1)6-7-9/h10H,1-7H2. The summed E-state index contributed by atoms with van der Waals surface area (Å²) in [5, 5.41) is 3.85. The van der Waals surface area contributed by atoms with Gasteiger partial charge in [-0.1, -0.05) is 0 Å². The van der Waals surface area contributed by atoms with Gasteiger partial charge in [-0.05, 0) is 44.9 Å². The van der Waals surface area contributed by atoms with Crippen molar-refractivity contribution in [1.29, 1.82) is 0 Å². The zero-order valence-electron chi connectivity index (χ0n) is 6.45. The molecular formula is C9H15N. The van der Waals surface area contributed by atoms with Crippen molar-refractivity contribution in [1.82, 2.24) is 5.32 Å². The first-order valence-electron chi connectivity index (χ1n) is 4.62. The molecule has 3 aliphatic rings. The smallest absolute Gasteiger partial charge is 0.0188 e. The summed E-state index contributed by atoms with van der Waals surface area (Å²) >= 11 is 0. The Hall–Kier alpha value is -0.0400. The van der Waals surface area contributed by atoms with Gasteiger partial charge in [0.05, 0.1) is 0 Å². The predicted octanol–water partition coefficient (Wildman–Crippen LogP) is 1.83. The van der Waals surface area contributed by atoms with Crippen LogP contribution in [-0.2, 0) is 0 Å². The van der Waals surface area contributed by atoms with Gasteiger partial charge in [0.15, 0.2) is 0 Å². The summed E-state index contributed by atoms with van der Waals surface area (Å²) in [6.45, 7) is 0. The van der Waals surface area contributed by atoms with Crippen LogP contribution < -0.4 is 5.32 Å². The Morgan fingerprint density at radius 2 is 1.20 bits per heavy atom. The van der Waals surface area contributed by atoms with E-state index in [0.717, 1.165) is 0 Å². The van der Waals surface area contributed by atoms with E-state index in [1.54, 1.807) is 0 Å². The highest BCUT2D eigenvalue weighted by Gasteiger charge is 2.55. The van der Waals surface area contributed by atoms with Gasteiger partial charge in [-0.15, -0.1) is 0 Å². The molecule has 0 aromatic heterocycles. The molecule has 0 atom stereocenters. The maximum atomic E-state index is 3.85. The summed E-state index contributed by atoms with van der Waals surface area (Å²) in [6, 6.07) is 0. The average molecular weight is 137 g/mol. The van der Waals surface area contributed by atoms with Crippen LogP contribution in [0.2, 0.25) is 0 Å². The van der Waals surface area contributed by atoms with Crippen molar-refractivity contribution in [3.8, 4) is 0 Å². The van der Waals surface area contributed by atoms with Crippen molar-refractivity contribution in [2.24, 2.45) is 0 Å². The Labute approximate surface area is 62.2 Å². The fourth-order valence-corrected chi connectivity index (χ4v) is 2.50. The first-order valence-corrected chi connectivity index (χ1v) is 4.62. The second-order valence-corrected chi connectivity index (χ2v) is 4.54. The van der Waals surface area contributed by atoms with E-state index in [2.05, 4.69) is 5.32 Å². The molecule has 0 aromatic carbocycles. The zero-order chi connectivity index (χ0) is 6.66. The molecule has 1 N–H and O–H groups in total. The molecule has 1 aliphatic heterocycles. The predicted molar refractivity (Wildman–Crippen MR) is 40.9 cm³/mol. The molecule has 0 aromatic rings. The lowest BCUT2D eigenvalue weighted by atomic mass is 9.95. The number of piperidine rings is 1. The van der Waals surface area contributed by atoms with Gasteiger partial charge in [0.2, 0.25) is 0 Å². The van der Waals surface area contributed by atoms with Gasteiger partial charge in [-0.2, -0.15) is 0 Å². The fourth-order valence-electron chi connectivity index (χ4n) is 2.50. The van der Waals surface area contributed by atoms with Crippen molar-refractivity contribution in [3.05, 3.63) is 0 Å². The van der Waals surface area contributed by atoms with Gasteiger partial charge in [-0.3, -0.25) is 0 Å². The summed E-state index contributed by atoms with van der Waals surface area (Å²) in [5.41, 5.74) is 1.35. The third kappa shape index (κ3) is 0.672. The number of rotatable bonds is 0. The number of hydrogen-bond donors (Lipinski definition) is 1. The molecule has 1 saturated heterocycles. The molecule has 0 amide bonds. The molecule has 0 bridgehead atoms. The second kappa shape index (κ2) is 1.42. The molecule has 1 heteroatoms. The molecular weight excluding hydrogens is 122 g/mol. The molecule has 56 valence electrons. The van der Waals surface area contributed by atoms with Crippen molar-refractivity contribution in [2.45, 2.75) is 56.0 Å². The van der Waals surface area contributed by atoms with Crippen LogP contribution in [0, 0.1) is 0 Å². The van der Waals surface area contributed by atoms with Crippen molar-refractivity contribution in [2.75, 3.05) is 0 Å². The third-order valence-electron chi connectivity index (χ3n) is 3.55. The van der Waals surface area contributed by atoms with E-state index in [4.69, 9.17) is 0 Å². The van der Waals surface area contributed by atoms with Crippen LogP contribution in [0.3, 0.4) is 0 Å². The summed E-state index contributed by atoms with van der Waals surface area (Å²) in [6.07, 6.45) is 10.3. The first kappa shape index (κ1) is 5.59. The average Bonchev–Trinajstić information content (AvgIpc) is 2.78. The van der Waals surface area contributed by atoms with Crippen LogP contribution in [0.1, 0.15) is 44.9 Å². The van der Waals surface area contributed by atoms with Gasteiger partial charge in [0.1, 0.15) is 0 Å². The van der Waals surface area contributed by atoms with E-state index in [-0.39, 0.29) is 0 Å². The molecule has 2 spiro atoms. The Morgan fingerprint density at radius 1 is 0.700 bits per heavy atom. The Balaban J connectivity index is 1.80. The van der Waals surface area contributed by atoms with Crippen LogP contribution in [0.25, 0.3) is 0 Å². The van der Waals surface area contributed by atoms with Crippen molar-refractivity contribution < 1.29 is 0 Å². The quantitative estimate of drug-likeness (QED) is 0.537. The zero-order valence-corrected chi connectivity index (χ0v) is 6.45. The van der Waals surface area contributed by atoms with E-state index in [9.17, 15) is 0 Å². The van der Waals surface area contributed by atoms with Crippen LogP contribution in [0.5, 0.6) is 0 Å². The maximum Gasteiger partial charge on any atom is 0.0188 e. The van der Waals surface area contributed by atoms with Gasteiger partial charge in [-0.25, -0.2) is 0 Å². The van der Waals surface area contributed by atoms with Crippen molar-refractivity contribution >= 4 is 0 Å². The number of nitrogens with one attached hydrogen (secondary N) is 1. The van der Waals surface area contributed by atoms with Gasteiger partial charge in [0.25, 0.3) is 0 Å². The van der Waals surface area contributed by atoms with Gasteiger partial charge >= 0.3 is 0 Å².